The quantitative estimate of drug-likeness (QED) is 0.844. The number of aryl methyl sites for hydroxylation is 1. The van der Waals surface area contributed by atoms with Gasteiger partial charge in [-0.25, -0.2) is 0 Å². The lowest BCUT2D eigenvalue weighted by Gasteiger charge is -2.18. The fourth-order valence-electron chi connectivity index (χ4n) is 2.36. The molecule has 1 heterocycles. The zero-order chi connectivity index (χ0) is 12.4. The van der Waals surface area contributed by atoms with Gasteiger partial charge in [0.1, 0.15) is 0 Å². The molecule has 92 valence electrons. The van der Waals surface area contributed by atoms with E-state index in [9.17, 15) is 4.79 Å². The fourth-order valence-corrected chi connectivity index (χ4v) is 2.36. The van der Waals surface area contributed by atoms with Crippen molar-refractivity contribution in [2.45, 2.75) is 20.3 Å². The molecule has 0 aromatic heterocycles. The number of hydrogen-bond acceptors (Lipinski definition) is 2. The average Bonchev–Trinajstić information content (AvgIpc) is 2.80. The third kappa shape index (κ3) is 2.34. The van der Waals surface area contributed by atoms with Crippen molar-refractivity contribution in [2.24, 2.45) is 11.7 Å². The molecule has 3 nitrogen and oxygen atoms in total. The molecule has 1 atom stereocenters. The van der Waals surface area contributed by atoms with Gasteiger partial charge in [0, 0.05) is 18.7 Å². The molecule has 1 aromatic carbocycles. The summed E-state index contributed by atoms with van der Waals surface area (Å²) in [5.41, 5.74) is 8.75. The third-order valence-electron chi connectivity index (χ3n) is 3.74. The van der Waals surface area contributed by atoms with Gasteiger partial charge >= 0.3 is 0 Å². The molecule has 0 aliphatic carbocycles. The first-order chi connectivity index (χ1) is 8.13. The maximum Gasteiger partial charge on any atom is 0.254 e. The number of carbonyl (C=O) groups is 1. The van der Waals surface area contributed by atoms with Crippen LogP contribution in [0.1, 0.15) is 27.9 Å². The highest BCUT2D eigenvalue weighted by molar-refractivity contribution is 5.96. The summed E-state index contributed by atoms with van der Waals surface area (Å²) < 4.78 is 0. The van der Waals surface area contributed by atoms with Gasteiger partial charge in [0.25, 0.3) is 5.91 Å². The number of carbonyl (C=O) groups excluding carboxylic acids is 1. The molecular weight excluding hydrogens is 212 g/mol. The van der Waals surface area contributed by atoms with E-state index in [2.05, 4.69) is 0 Å². The Morgan fingerprint density at radius 2 is 2.24 bits per heavy atom. The highest BCUT2D eigenvalue weighted by Crippen LogP contribution is 2.20. The topological polar surface area (TPSA) is 46.3 Å². The number of rotatable bonds is 2. The second-order valence-electron chi connectivity index (χ2n) is 4.89. The van der Waals surface area contributed by atoms with E-state index in [1.54, 1.807) is 0 Å². The molecule has 17 heavy (non-hydrogen) atoms. The van der Waals surface area contributed by atoms with Crippen LogP contribution in [0.2, 0.25) is 0 Å². The van der Waals surface area contributed by atoms with Crippen LogP contribution < -0.4 is 5.73 Å². The van der Waals surface area contributed by atoms with E-state index in [0.29, 0.717) is 12.5 Å². The molecule has 1 amide bonds. The second kappa shape index (κ2) is 4.88. The summed E-state index contributed by atoms with van der Waals surface area (Å²) >= 11 is 0. The van der Waals surface area contributed by atoms with Gasteiger partial charge in [0.2, 0.25) is 0 Å². The maximum absolute atomic E-state index is 12.4. The van der Waals surface area contributed by atoms with Gasteiger partial charge in [-0.2, -0.15) is 0 Å². The molecule has 1 aliphatic heterocycles. The molecule has 1 saturated heterocycles. The molecule has 0 radical (unpaired) electrons. The lowest BCUT2D eigenvalue weighted by molar-refractivity contribution is 0.0787. The Morgan fingerprint density at radius 3 is 2.88 bits per heavy atom. The molecule has 1 aliphatic rings. The van der Waals surface area contributed by atoms with Crippen LogP contribution >= 0.6 is 0 Å². The molecule has 0 saturated carbocycles. The van der Waals surface area contributed by atoms with Crippen LogP contribution in [0.25, 0.3) is 0 Å². The number of hydrogen-bond donors (Lipinski definition) is 1. The molecule has 0 unspecified atom stereocenters. The number of nitrogens with zero attached hydrogens (tertiary/aromatic N) is 1. The summed E-state index contributed by atoms with van der Waals surface area (Å²) in [5, 5.41) is 0. The van der Waals surface area contributed by atoms with Gasteiger partial charge in [0.05, 0.1) is 0 Å². The van der Waals surface area contributed by atoms with Crippen LogP contribution in [-0.2, 0) is 0 Å². The summed E-state index contributed by atoms with van der Waals surface area (Å²) in [6.07, 6.45) is 1.03. The highest BCUT2D eigenvalue weighted by atomic mass is 16.2. The number of nitrogens with two attached hydrogens (primary N) is 1. The summed E-state index contributed by atoms with van der Waals surface area (Å²) in [7, 11) is 0. The SMILES string of the molecule is Cc1cccc(C(=O)N2CC[C@@H](CN)C2)c1C. The minimum Gasteiger partial charge on any atom is -0.338 e. The number of benzene rings is 1. The lowest BCUT2D eigenvalue weighted by atomic mass is 10.0. The molecule has 3 heteroatoms. The summed E-state index contributed by atoms with van der Waals surface area (Å²) in [4.78, 5) is 14.3. The van der Waals surface area contributed by atoms with Crippen molar-refractivity contribution < 1.29 is 4.79 Å². The van der Waals surface area contributed by atoms with Crippen LogP contribution in [0.4, 0.5) is 0 Å². The Labute approximate surface area is 103 Å². The average molecular weight is 232 g/mol. The van der Waals surface area contributed by atoms with E-state index in [-0.39, 0.29) is 5.91 Å². The van der Waals surface area contributed by atoms with E-state index in [1.165, 1.54) is 5.56 Å². The van der Waals surface area contributed by atoms with Crippen molar-refractivity contribution in [3.05, 3.63) is 34.9 Å². The Kier molecular flexibility index (Phi) is 3.48. The van der Waals surface area contributed by atoms with Crippen molar-refractivity contribution in [1.82, 2.24) is 4.90 Å². The Balaban J connectivity index is 2.18. The molecule has 1 fully saturated rings. The molecule has 0 spiro atoms. The summed E-state index contributed by atoms with van der Waals surface area (Å²) in [5.74, 6) is 0.631. The summed E-state index contributed by atoms with van der Waals surface area (Å²) in [6.45, 7) is 6.38. The monoisotopic (exact) mass is 232 g/mol. The number of amides is 1. The first-order valence-corrected chi connectivity index (χ1v) is 6.19. The van der Waals surface area contributed by atoms with Crippen molar-refractivity contribution >= 4 is 5.91 Å². The van der Waals surface area contributed by atoms with Gasteiger partial charge in [-0.3, -0.25) is 4.79 Å². The first-order valence-electron chi connectivity index (χ1n) is 6.19. The van der Waals surface area contributed by atoms with Gasteiger partial charge < -0.3 is 10.6 Å². The van der Waals surface area contributed by atoms with Crippen LogP contribution in [0.5, 0.6) is 0 Å². The minimum atomic E-state index is 0.155. The lowest BCUT2D eigenvalue weighted by Crippen LogP contribution is -2.30. The maximum atomic E-state index is 12.4. The van der Waals surface area contributed by atoms with Gasteiger partial charge in [-0.15, -0.1) is 0 Å². The normalized spacial score (nSPS) is 19.7. The minimum absolute atomic E-state index is 0.155. The summed E-state index contributed by atoms with van der Waals surface area (Å²) in [6, 6.07) is 5.91. The Morgan fingerprint density at radius 1 is 1.47 bits per heavy atom. The number of likely N-dealkylation sites (tertiary alicyclic amines) is 1. The van der Waals surface area contributed by atoms with Crippen molar-refractivity contribution in [1.29, 1.82) is 0 Å². The Bertz CT molecular complexity index is 428. The zero-order valence-corrected chi connectivity index (χ0v) is 10.6. The second-order valence-corrected chi connectivity index (χ2v) is 4.89. The Hall–Kier alpha value is -1.35. The molecule has 2 N–H and O–H groups in total. The third-order valence-corrected chi connectivity index (χ3v) is 3.74. The molecule has 2 rings (SSSR count). The van der Waals surface area contributed by atoms with Crippen molar-refractivity contribution in [3.63, 3.8) is 0 Å². The zero-order valence-electron chi connectivity index (χ0n) is 10.6. The molecule has 0 bridgehead atoms. The smallest absolute Gasteiger partial charge is 0.254 e. The molecule has 1 aromatic rings. The van der Waals surface area contributed by atoms with Crippen LogP contribution in [-0.4, -0.2) is 30.4 Å². The largest absolute Gasteiger partial charge is 0.338 e. The standard InChI is InChI=1S/C14H20N2O/c1-10-4-3-5-13(11(10)2)14(17)16-7-6-12(8-15)9-16/h3-5,12H,6-9,15H2,1-2H3/t12-/m0/s1. The van der Waals surface area contributed by atoms with E-state index in [1.807, 2.05) is 36.9 Å². The van der Waals surface area contributed by atoms with E-state index < -0.39 is 0 Å². The van der Waals surface area contributed by atoms with Crippen LogP contribution in [0.3, 0.4) is 0 Å². The van der Waals surface area contributed by atoms with E-state index in [0.717, 1.165) is 30.6 Å². The molecular formula is C14H20N2O. The van der Waals surface area contributed by atoms with Crippen molar-refractivity contribution in [3.8, 4) is 0 Å². The predicted molar refractivity (Wildman–Crippen MR) is 69.0 cm³/mol. The van der Waals surface area contributed by atoms with Crippen molar-refractivity contribution in [2.75, 3.05) is 19.6 Å². The predicted octanol–water partition coefficient (Wildman–Crippen LogP) is 1.72. The highest BCUT2D eigenvalue weighted by Gasteiger charge is 2.26. The fraction of sp³-hybridized carbons (Fsp3) is 0.500. The van der Waals surface area contributed by atoms with Gasteiger partial charge in [-0.05, 0) is 49.9 Å². The van der Waals surface area contributed by atoms with Crippen LogP contribution in [0.15, 0.2) is 18.2 Å². The van der Waals surface area contributed by atoms with E-state index in [4.69, 9.17) is 5.73 Å². The first kappa shape index (κ1) is 12.1. The van der Waals surface area contributed by atoms with Gasteiger partial charge in [0.15, 0.2) is 0 Å². The van der Waals surface area contributed by atoms with Gasteiger partial charge in [-0.1, -0.05) is 12.1 Å². The van der Waals surface area contributed by atoms with Crippen LogP contribution in [0, 0.1) is 19.8 Å². The van der Waals surface area contributed by atoms with E-state index >= 15 is 0 Å².